The maximum Gasteiger partial charge on any atom is 0.407 e. The van der Waals surface area contributed by atoms with Crippen molar-refractivity contribution in [2.45, 2.75) is 39.2 Å². The minimum atomic E-state index is -0.510. The van der Waals surface area contributed by atoms with E-state index in [1.165, 1.54) is 11.3 Å². The summed E-state index contributed by atoms with van der Waals surface area (Å²) >= 11 is 1.28. The molecule has 0 spiro atoms. The minimum absolute atomic E-state index is 0.177. The van der Waals surface area contributed by atoms with Gasteiger partial charge in [-0.15, -0.1) is 10.2 Å². The Bertz CT molecular complexity index is 529. The fraction of sp³-hybridized carbons (Fsp3) is 0.714. The molecule has 1 saturated heterocycles. The van der Waals surface area contributed by atoms with Gasteiger partial charge in [-0.1, -0.05) is 11.3 Å². The molecule has 1 aromatic rings. The van der Waals surface area contributed by atoms with Crippen molar-refractivity contribution < 1.29 is 14.3 Å². The van der Waals surface area contributed by atoms with E-state index in [4.69, 9.17) is 4.74 Å². The van der Waals surface area contributed by atoms with Gasteiger partial charge < -0.3 is 15.0 Å². The molecule has 0 unspecified atom stereocenters. The molecule has 2 rings (SSSR count). The molecule has 1 aromatic heterocycles. The van der Waals surface area contributed by atoms with Crippen LogP contribution in [-0.4, -0.2) is 52.5 Å². The highest BCUT2D eigenvalue weighted by molar-refractivity contribution is 7.13. The molecule has 23 heavy (non-hydrogen) atoms. The molecule has 1 aliphatic rings. The second kappa shape index (κ2) is 7.58. The van der Waals surface area contributed by atoms with Crippen molar-refractivity contribution in [1.29, 1.82) is 0 Å². The van der Waals surface area contributed by atoms with Crippen molar-refractivity contribution in [3.63, 3.8) is 0 Å². The zero-order valence-corrected chi connectivity index (χ0v) is 14.5. The lowest BCUT2D eigenvalue weighted by Crippen LogP contribution is -2.45. The summed E-state index contributed by atoms with van der Waals surface area (Å²) in [7, 11) is 0. The first-order valence-electron chi connectivity index (χ1n) is 7.62. The Balaban J connectivity index is 1.77. The van der Waals surface area contributed by atoms with Gasteiger partial charge in [-0.25, -0.2) is 9.59 Å². The van der Waals surface area contributed by atoms with Gasteiger partial charge in [0, 0.05) is 19.6 Å². The molecule has 128 valence electrons. The molecule has 1 atom stereocenters. The van der Waals surface area contributed by atoms with E-state index < -0.39 is 11.7 Å². The molecule has 0 aromatic carbocycles. The van der Waals surface area contributed by atoms with Crippen LogP contribution in [0, 0.1) is 5.92 Å². The SMILES string of the molecule is CC(C)(C)OC(=O)NC[C@@H]1CCCN(C(=O)Nc2nncs2)C1. The average Bonchev–Trinajstić information content (AvgIpc) is 2.96. The molecule has 3 amide bonds. The normalized spacial score (nSPS) is 18.4. The Morgan fingerprint density at radius 3 is 2.91 bits per heavy atom. The summed E-state index contributed by atoms with van der Waals surface area (Å²) in [6, 6.07) is -0.177. The first kappa shape index (κ1) is 17.5. The van der Waals surface area contributed by atoms with Gasteiger partial charge in [0.05, 0.1) is 0 Å². The Labute approximate surface area is 139 Å². The van der Waals surface area contributed by atoms with Gasteiger partial charge in [0.15, 0.2) is 0 Å². The van der Waals surface area contributed by atoms with Crippen molar-refractivity contribution >= 4 is 28.6 Å². The van der Waals surface area contributed by atoms with Crippen LogP contribution in [0.1, 0.15) is 33.6 Å². The molecule has 9 heteroatoms. The number of amides is 3. The molecule has 8 nitrogen and oxygen atoms in total. The fourth-order valence-electron chi connectivity index (χ4n) is 2.36. The fourth-order valence-corrected chi connectivity index (χ4v) is 2.79. The third-order valence-electron chi connectivity index (χ3n) is 3.31. The first-order valence-corrected chi connectivity index (χ1v) is 8.50. The van der Waals surface area contributed by atoms with Crippen LogP contribution in [0.15, 0.2) is 5.51 Å². The van der Waals surface area contributed by atoms with E-state index in [1.807, 2.05) is 20.8 Å². The number of alkyl carbamates (subject to hydrolysis) is 1. The maximum atomic E-state index is 12.2. The Hall–Kier alpha value is -1.90. The number of rotatable bonds is 3. The highest BCUT2D eigenvalue weighted by Gasteiger charge is 2.25. The third-order valence-corrected chi connectivity index (χ3v) is 3.92. The summed E-state index contributed by atoms with van der Waals surface area (Å²) in [5, 5.41) is 13.5. The zero-order valence-electron chi connectivity index (χ0n) is 13.7. The van der Waals surface area contributed by atoms with Crippen LogP contribution in [-0.2, 0) is 4.74 Å². The van der Waals surface area contributed by atoms with E-state index >= 15 is 0 Å². The highest BCUT2D eigenvalue weighted by Crippen LogP contribution is 2.18. The number of piperidine rings is 1. The smallest absolute Gasteiger partial charge is 0.407 e. The molecule has 2 heterocycles. The van der Waals surface area contributed by atoms with Crippen LogP contribution in [0.5, 0.6) is 0 Å². The molecule has 2 N–H and O–H groups in total. The van der Waals surface area contributed by atoms with E-state index in [9.17, 15) is 9.59 Å². The highest BCUT2D eigenvalue weighted by atomic mass is 32.1. The summed E-state index contributed by atoms with van der Waals surface area (Å²) in [5.41, 5.74) is 1.06. The lowest BCUT2D eigenvalue weighted by molar-refractivity contribution is 0.0512. The second-order valence-corrected chi connectivity index (χ2v) is 7.34. The topological polar surface area (TPSA) is 96.5 Å². The van der Waals surface area contributed by atoms with Crippen molar-refractivity contribution in [1.82, 2.24) is 20.4 Å². The summed E-state index contributed by atoms with van der Waals surface area (Å²) in [6.07, 6.45) is 1.45. The lowest BCUT2D eigenvalue weighted by atomic mass is 9.98. The van der Waals surface area contributed by atoms with E-state index in [-0.39, 0.29) is 11.9 Å². The van der Waals surface area contributed by atoms with Crippen LogP contribution >= 0.6 is 11.3 Å². The molecule has 1 aliphatic heterocycles. The monoisotopic (exact) mass is 341 g/mol. The number of ether oxygens (including phenoxy) is 1. The Morgan fingerprint density at radius 1 is 1.48 bits per heavy atom. The van der Waals surface area contributed by atoms with Crippen LogP contribution in [0.4, 0.5) is 14.7 Å². The minimum Gasteiger partial charge on any atom is -0.444 e. The molecule has 1 fully saturated rings. The average molecular weight is 341 g/mol. The number of hydrogen-bond acceptors (Lipinski definition) is 6. The number of carbonyl (C=O) groups excluding carboxylic acids is 2. The van der Waals surface area contributed by atoms with Crippen LogP contribution in [0.3, 0.4) is 0 Å². The Morgan fingerprint density at radius 2 is 2.26 bits per heavy atom. The van der Waals surface area contributed by atoms with Crippen molar-refractivity contribution in [2.75, 3.05) is 25.0 Å². The van der Waals surface area contributed by atoms with Crippen LogP contribution < -0.4 is 10.6 Å². The number of aromatic nitrogens is 2. The summed E-state index contributed by atoms with van der Waals surface area (Å²) < 4.78 is 5.22. The second-order valence-electron chi connectivity index (χ2n) is 6.51. The van der Waals surface area contributed by atoms with Crippen LogP contribution in [0.2, 0.25) is 0 Å². The van der Waals surface area contributed by atoms with Gasteiger partial charge in [-0.3, -0.25) is 5.32 Å². The van der Waals surface area contributed by atoms with Crippen molar-refractivity contribution in [3.05, 3.63) is 5.51 Å². The van der Waals surface area contributed by atoms with E-state index in [0.717, 1.165) is 12.8 Å². The molecule has 0 radical (unpaired) electrons. The molecular formula is C14H23N5O3S. The van der Waals surface area contributed by atoms with Gasteiger partial charge >= 0.3 is 12.1 Å². The summed E-state index contributed by atoms with van der Waals surface area (Å²) in [6.45, 7) is 7.28. The number of carbonyl (C=O) groups is 2. The number of anilines is 1. The van der Waals surface area contributed by atoms with Gasteiger partial charge in [0.25, 0.3) is 0 Å². The maximum absolute atomic E-state index is 12.2. The number of likely N-dealkylation sites (tertiary alicyclic amines) is 1. The van der Waals surface area contributed by atoms with Crippen molar-refractivity contribution in [2.24, 2.45) is 5.92 Å². The largest absolute Gasteiger partial charge is 0.444 e. The van der Waals surface area contributed by atoms with Gasteiger partial charge in [0.1, 0.15) is 11.1 Å². The van der Waals surface area contributed by atoms with E-state index in [2.05, 4.69) is 20.8 Å². The Kier molecular flexibility index (Phi) is 5.75. The van der Waals surface area contributed by atoms with Gasteiger partial charge in [0.2, 0.25) is 5.13 Å². The number of nitrogens with zero attached hydrogens (tertiary/aromatic N) is 3. The van der Waals surface area contributed by atoms with Crippen molar-refractivity contribution in [3.8, 4) is 0 Å². The predicted molar refractivity (Wildman–Crippen MR) is 87.5 cm³/mol. The van der Waals surface area contributed by atoms with E-state index in [0.29, 0.717) is 24.8 Å². The number of nitrogens with one attached hydrogen (secondary N) is 2. The van der Waals surface area contributed by atoms with Crippen LogP contribution in [0.25, 0.3) is 0 Å². The predicted octanol–water partition coefficient (Wildman–Crippen LogP) is 2.31. The van der Waals surface area contributed by atoms with Gasteiger partial charge in [-0.2, -0.15) is 0 Å². The zero-order chi connectivity index (χ0) is 16.9. The molecule has 0 bridgehead atoms. The standard InChI is InChI=1S/C14H23N5O3S/c1-14(2,3)22-13(21)15-7-10-5-4-6-19(8-10)12(20)17-11-18-16-9-23-11/h9-10H,4-8H2,1-3H3,(H,15,21)(H,17,18,20)/t10-/m0/s1. The van der Waals surface area contributed by atoms with Gasteiger partial charge in [-0.05, 0) is 39.5 Å². The third kappa shape index (κ3) is 6.01. The lowest BCUT2D eigenvalue weighted by Gasteiger charge is -2.32. The molecular weight excluding hydrogens is 318 g/mol. The first-order chi connectivity index (χ1) is 10.8. The molecule has 0 aliphatic carbocycles. The number of urea groups is 1. The summed E-state index contributed by atoms with van der Waals surface area (Å²) in [5.74, 6) is 0.219. The summed E-state index contributed by atoms with van der Waals surface area (Å²) in [4.78, 5) is 25.6. The quantitative estimate of drug-likeness (QED) is 0.879. The molecule has 0 saturated carbocycles. The number of hydrogen-bond donors (Lipinski definition) is 2. The van der Waals surface area contributed by atoms with E-state index in [1.54, 1.807) is 10.4 Å².